The molecule has 1 amide bonds. The Morgan fingerprint density at radius 1 is 1.26 bits per heavy atom. The molecule has 2 heterocycles. The van der Waals surface area contributed by atoms with E-state index in [0.717, 1.165) is 43.5 Å². The molecule has 140 valence electrons. The van der Waals surface area contributed by atoms with Crippen molar-refractivity contribution < 1.29 is 9.53 Å². The molecule has 1 aromatic carbocycles. The summed E-state index contributed by atoms with van der Waals surface area (Å²) in [6, 6.07) is 7.78. The van der Waals surface area contributed by atoms with Crippen molar-refractivity contribution in [2.75, 3.05) is 14.2 Å². The Morgan fingerprint density at radius 2 is 2.00 bits per heavy atom. The van der Waals surface area contributed by atoms with E-state index in [2.05, 4.69) is 4.98 Å². The third kappa shape index (κ3) is 3.30. The highest BCUT2D eigenvalue weighted by Crippen LogP contribution is 2.40. The highest BCUT2D eigenvalue weighted by Gasteiger charge is 2.29. The molecule has 0 unspecified atom stereocenters. The van der Waals surface area contributed by atoms with Gasteiger partial charge >= 0.3 is 0 Å². The van der Waals surface area contributed by atoms with Crippen LogP contribution in [-0.4, -0.2) is 34.9 Å². The number of amides is 1. The van der Waals surface area contributed by atoms with Crippen molar-refractivity contribution in [3.63, 3.8) is 0 Å². The fourth-order valence-corrected chi connectivity index (χ4v) is 4.66. The molecule has 2 aromatic heterocycles. The van der Waals surface area contributed by atoms with Crippen molar-refractivity contribution in [3.8, 4) is 5.75 Å². The van der Waals surface area contributed by atoms with Crippen LogP contribution in [0.15, 0.2) is 24.3 Å². The summed E-state index contributed by atoms with van der Waals surface area (Å²) in [5.74, 6) is 2.24. The minimum Gasteiger partial charge on any atom is -0.496 e. The van der Waals surface area contributed by atoms with E-state index in [1.807, 2.05) is 45.2 Å². The van der Waals surface area contributed by atoms with Gasteiger partial charge in [-0.2, -0.15) is 0 Å². The molecule has 0 atom stereocenters. The number of hydrogen-bond donors (Lipinski definition) is 0. The van der Waals surface area contributed by atoms with Crippen LogP contribution < -0.4 is 4.74 Å². The molecule has 0 radical (unpaired) electrons. The topological polar surface area (TPSA) is 55.3 Å². The van der Waals surface area contributed by atoms with Gasteiger partial charge in [-0.15, -0.1) is 11.3 Å². The van der Waals surface area contributed by atoms with Gasteiger partial charge in [-0.1, -0.05) is 18.2 Å². The van der Waals surface area contributed by atoms with Gasteiger partial charge in [0, 0.05) is 30.5 Å². The predicted molar refractivity (Wildman–Crippen MR) is 108 cm³/mol. The number of ether oxygens (including phenoxy) is 1. The summed E-state index contributed by atoms with van der Waals surface area (Å²) in [5, 5.41) is 1.03. The van der Waals surface area contributed by atoms with Crippen molar-refractivity contribution in [3.05, 3.63) is 51.8 Å². The summed E-state index contributed by atoms with van der Waals surface area (Å²) in [5.41, 5.74) is 2.94. The Balaban J connectivity index is 1.65. The lowest BCUT2D eigenvalue weighted by Crippen LogP contribution is -2.26. The van der Waals surface area contributed by atoms with Gasteiger partial charge in [-0.3, -0.25) is 4.79 Å². The van der Waals surface area contributed by atoms with Gasteiger partial charge in [0.05, 0.1) is 17.7 Å². The monoisotopic (exact) mass is 381 g/mol. The van der Waals surface area contributed by atoms with E-state index >= 15 is 0 Å². The fraction of sp³-hybridized carbons (Fsp3) is 0.381. The lowest BCUT2D eigenvalue weighted by molar-refractivity contribution is 0.0788. The number of carbonyl (C=O) groups is 1. The third-order valence-electron chi connectivity index (χ3n) is 5.07. The van der Waals surface area contributed by atoms with Crippen LogP contribution in [0.2, 0.25) is 0 Å². The maximum Gasteiger partial charge on any atom is 0.264 e. The third-order valence-corrected chi connectivity index (χ3v) is 6.25. The van der Waals surface area contributed by atoms with E-state index in [4.69, 9.17) is 9.72 Å². The van der Waals surface area contributed by atoms with Crippen molar-refractivity contribution in [2.24, 2.45) is 0 Å². The Kier molecular flexibility index (Phi) is 4.60. The van der Waals surface area contributed by atoms with Crippen LogP contribution in [0.5, 0.6) is 5.75 Å². The van der Waals surface area contributed by atoms with Crippen LogP contribution in [-0.2, 0) is 6.54 Å². The Hall–Kier alpha value is -2.47. The first-order valence-corrected chi connectivity index (χ1v) is 9.96. The molecule has 5 nitrogen and oxygen atoms in total. The number of para-hydroxylation sites is 1. The number of rotatable bonds is 5. The van der Waals surface area contributed by atoms with Gasteiger partial charge < -0.3 is 9.64 Å². The number of carbonyl (C=O) groups excluding carboxylic acids is 1. The number of thiophene rings is 1. The highest BCUT2D eigenvalue weighted by molar-refractivity contribution is 7.20. The van der Waals surface area contributed by atoms with Crippen molar-refractivity contribution in [1.82, 2.24) is 14.9 Å². The van der Waals surface area contributed by atoms with Crippen molar-refractivity contribution in [1.29, 1.82) is 0 Å². The summed E-state index contributed by atoms with van der Waals surface area (Å²) in [4.78, 5) is 26.0. The average molecular weight is 382 g/mol. The molecular formula is C21H23N3O2S. The molecule has 6 heteroatoms. The van der Waals surface area contributed by atoms with Crippen molar-refractivity contribution in [2.45, 2.75) is 39.2 Å². The number of nitrogens with zero attached hydrogens (tertiary/aromatic N) is 3. The number of hydrogen-bond acceptors (Lipinski definition) is 5. The predicted octanol–water partition coefficient (Wildman–Crippen LogP) is 4.47. The summed E-state index contributed by atoms with van der Waals surface area (Å²) >= 11 is 1.48. The molecule has 0 N–H and O–H groups in total. The number of aryl methyl sites for hydroxylation is 2. The molecular weight excluding hydrogens is 358 g/mol. The Bertz CT molecular complexity index is 1020. The van der Waals surface area contributed by atoms with Crippen molar-refractivity contribution >= 4 is 27.5 Å². The van der Waals surface area contributed by atoms with E-state index in [-0.39, 0.29) is 5.91 Å². The van der Waals surface area contributed by atoms with Crippen LogP contribution in [0.25, 0.3) is 10.2 Å². The Labute approximate surface area is 163 Å². The second-order valence-corrected chi connectivity index (χ2v) is 8.15. The molecule has 27 heavy (non-hydrogen) atoms. The maximum atomic E-state index is 13.1. The van der Waals surface area contributed by atoms with Gasteiger partial charge in [0.25, 0.3) is 5.91 Å². The van der Waals surface area contributed by atoms with Crippen LogP contribution >= 0.6 is 11.3 Å². The first-order valence-electron chi connectivity index (χ1n) is 9.14. The van der Waals surface area contributed by atoms with Gasteiger partial charge in [0.1, 0.15) is 16.4 Å². The lowest BCUT2D eigenvalue weighted by atomic mass is 10.1. The summed E-state index contributed by atoms with van der Waals surface area (Å²) < 4.78 is 5.41. The van der Waals surface area contributed by atoms with Gasteiger partial charge in [0.2, 0.25) is 0 Å². The van der Waals surface area contributed by atoms with E-state index in [1.165, 1.54) is 24.2 Å². The quantitative estimate of drug-likeness (QED) is 0.654. The van der Waals surface area contributed by atoms with E-state index in [1.54, 1.807) is 12.0 Å². The van der Waals surface area contributed by atoms with Crippen LogP contribution in [0, 0.1) is 13.8 Å². The zero-order valence-electron chi connectivity index (χ0n) is 16.1. The molecule has 1 saturated carbocycles. The van der Waals surface area contributed by atoms with Gasteiger partial charge in [-0.05, 0) is 38.3 Å². The minimum atomic E-state index is 0.00813. The van der Waals surface area contributed by atoms with Crippen LogP contribution in [0.3, 0.4) is 0 Å². The zero-order valence-corrected chi connectivity index (χ0v) is 16.9. The second kappa shape index (κ2) is 6.93. The minimum absolute atomic E-state index is 0.00813. The van der Waals surface area contributed by atoms with Crippen LogP contribution in [0.4, 0.5) is 0 Å². The highest BCUT2D eigenvalue weighted by atomic mass is 32.1. The number of fused-ring (bicyclic) bond motifs is 1. The first kappa shape index (κ1) is 17.9. The number of benzene rings is 1. The maximum absolute atomic E-state index is 13.1. The van der Waals surface area contributed by atoms with Crippen LogP contribution in [0.1, 0.15) is 51.1 Å². The number of aromatic nitrogens is 2. The molecule has 1 fully saturated rings. The molecule has 0 saturated heterocycles. The molecule has 0 spiro atoms. The number of methoxy groups -OCH3 is 1. The SMILES string of the molecule is COc1ccccc1CN(C)C(=O)c1sc2nc(C3CC3)nc(C)c2c1C. The van der Waals surface area contributed by atoms with E-state index in [9.17, 15) is 4.79 Å². The van der Waals surface area contributed by atoms with Gasteiger partial charge in [0.15, 0.2) is 0 Å². The Morgan fingerprint density at radius 3 is 2.70 bits per heavy atom. The summed E-state index contributed by atoms with van der Waals surface area (Å²) in [6.07, 6.45) is 2.34. The fourth-order valence-electron chi connectivity index (χ4n) is 3.42. The summed E-state index contributed by atoms with van der Waals surface area (Å²) in [6.45, 7) is 4.51. The standard InChI is InChI=1S/C21H23N3O2S/c1-12-17-13(2)22-19(14-9-10-14)23-20(17)27-18(12)21(25)24(3)11-15-7-5-6-8-16(15)26-4/h5-8,14H,9-11H2,1-4H3. The molecule has 0 aliphatic heterocycles. The van der Waals surface area contributed by atoms with E-state index < -0.39 is 0 Å². The largest absolute Gasteiger partial charge is 0.496 e. The molecule has 1 aliphatic rings. The smallest absolute Gasteiger partial charge is 0.264 e. The zero-order chi connectivity index (χ0) is 19.1. The molecule has 0 bridgehead atoms. The molecule has 4 rings (SSSR count). The second-order valence-electron chi connectivity index (χ2n) is 7.15. The molecule has 1 aliphatic carbocycles. The summed E-state index contributed by atoms with van der Waals surface area (Å²) in [7, 11) is 3.47. The molecule has 3 aromatic rings. The lowest BCUT2D eigenvalue weighted by Gasteiger charge is -2.18. The van der Waals surface area contributed by atoms with E-state index in [0.29, 0.717) is 12.5 Å². The first-order chi connectivity index (χ1) is 13.0. The van der Waals surface area contributed by atoms with Gasteiger partial charge in [-0.25, -0.2) is 9.97 Å². The normalized spacial score (nSPS) is 13.8. The average Bonchev–Trinajstić information content (AvgIpc) is 3.45.